The number of alkyl halides is 1. The maximum absolute atomic E-state index is 13.5. The molecule has 2 N–H and O–H groups in total. The first kappa shape index (κ1) is 29.0. The van der Waals surface area contributed by atoms with Crippen molar-refractivity contribution in [3.05, 3.63) is 76.8 Å². The highest BCUT2D eigenvalue weighted by molar-refractivity contribution is 6.35. The SMILES string of the molecule is COc1nccc2c([C@H](Nc3cc(Cl)c4ncc(C#N)c(NCC(C)(C)C)c4c3)c3cn([C@@H](C)CF)nn3)cccc12. The number of hydrogen-bond acceptors (Lipinski definition) is 8. The molecule has 216 valence electrons. The van der Waals surface area contributed by atoms with Gasteiger partial charge in [-0.3, -0.25) is 4.98 Å². The molecule has 0 bridgehead atoms. The lowest BCUT2D eigenvalue weighted by molar-refractivity contribution is 0.351. The molecular formula is C31H32ClFN8O. The Morgan fingerprint density at radius 3 is 2.67 bits per heavy atom. The number of hydrogen-bond donors (Lipinski definition) is 2. The first-order valence-corrected chi connectivity index (χ1v) is 13.9. The van der Waals surface area contributed by atoms with Gasteiger partial charge in [0, 0.05) is 35.4 Å². The van der Waals surface area contributed by atoms with E-state index in [1.165, 1.54) is 10.9 Å². The number of nitrogens with zero attached hydrogens (tertiary/aromatic N) is 6. The summed E-state index contributed by atoms with van der Waals surface area (Å²) < 4.78 is 20.5. The Labute approximate surface area is 248 Å². The molecule has 0 spiro atoms. The van der Waals surface area contributed by atoms with E-state index in [0.717, 1.165) is 16.3 Å². The van der Waals surface area contributed by atoms with Gasteiger partial charge in [-0.2, -0.15) is 5.26 Å². The van der Waals surface area contributed by atoms with Crippen LogP contribution in [0.15, 0.2) is 55.0 Å². The van der Waals surface area contributed by atoms with Crippen molar-refractivity contribution in [2.45, 2.75) is 39.8 Å². The van der Waals surface area contributed by atoms with Gasteiger partial charge < -0.3 is 15.4 Å². The van der Waals surface area contributed by atoms with E-state index in [0.29, 0.717) is 51.0 Å². The highest BCUT2D eigenvalue weighted by Gasteiger charge is 2.24. The lowest BCUT2D eigenvalue weighted by Crippen LogP contribution is -2.20. The molecule has 0 aliphatic heterocycles. The fraction of sp³-hybridized carbons (Fsp3) is 0.323. The fourth-order valence-corrected chi connectivity index (χ4v) is 5.05. The normalized spacial score (nSPS) is 13.1. The molecule has 5 aromatic rings. The second kappa shape index (κ2) is 11.8. The van der Waals surface area contributed by atoms with Gasteiger partial charge in [0.15, 0.2) is 0 Å². The lowest BCUT2D eigenvalue weighted by Gasteiger charge is -2.23. The second-order valence-electron chi connectivity index (χ2n) is 11.4. The average molecular weight is 587 g/mol. The van der Waals surface area contributed by atoms with Crippen molar-refractivity contribution in [2.75, 3.05) is 31.0 Å². The van der Waals surface area contributed by atoms with E-state index < -0.39 is 18.8 Å². The Morgan fingerprint density at radius 1 is 1.14 bits per heavy atom. The molecule has 0 aliphatic rings. The van der Waals surface area contributed by atoms with E-state index in [2.05, 4.69) is 57.8 Å². The highest BCUT2D eigenvalue weighted by atomic mass is 35.5. The topological polar surface area (TPSA) is 114 Å². The van der Waals surface area contributed by atoms with E-state index in [1.54, 1.807) is 32.5 Å². The molecule has 2 atom stereocenters. The maximum atomic E-state index is 13.5. The van der Waals surface area contributed by atoms with Crippen LogP contribution in [0.1, 0.15) is 56.6 Å². The third-order valence-electron chi connectivity index (χ3n) is 6.96. The highest BCUT2D eigenvalue weighted by Crippen LogP contribution is 2.38. The van der Waals surface area contributed by atoms with Crippen molar-refractivity contribution in [2.24, 2.45) is 5.41 Å². The molecule has 3 heterocycles. The monoisotopic (exact) mass is 586 g/mol. The molecule has 0 unspecified atom stereocenters. The fourth-order valence-electron chi connectivity index (χ4n) is 4.78. The summed E-state index contributed by atoms with van der Waals surface area (Å²) >= 11 is 6.78. The molecular weight excluding hydrogens is 555 g/mol. The van der Waals surface area contributed by atoms with Crippen LogP contribution in [0.4, 0.5) is 15.8 Å². The number of ether oxygens (including phenoxy) is 1. The van der Waals surface area contributed by atoms with Crippen LogP contribution < -0.4 is 15.4 Å². The number of benzene rings is 2. The molecule has 0 amide bonds. The summed E-state index contributed by atoms with van der Waals surface area (Å²) in [5.41, 5.74) is 3.80. The van der Waals surface area contributed by atoms with E-state index in [9.17, 15) is 9.65 Å². The van der Waals surface area contributed by atoms with Gasteiger partial charge in [-0.15, -0.1) is 5.10 Å². The smallest absolute Gasteiger partial charge is 0.221 e. The summed E-state index contributed by atoms with van der Waals surface area (Å²) in [5.74, 6) is 0.501. The third kappa shape index (κ3) is 5.78. The molecule has 9 nitrogen and oxygen atoms in total. The first-order chi connectivity index (χ1) is 20.1. The molecule has 42 heavy (non-hydrogen) atoms. The van der Waals surface area contributed by atoms with Crippen LogP contribution in [0, 0.1) is 16.7 Å². The van der Waals surface area contributed by atoms with Gasteiger partial charge in [0.25, 0.3) is 0 Å². The third-order valence-corrected chi connectivity index (χ3v) is 7.25. The Morgan fingerprint density at radius 2 is 1.95 bits per heavy atom. The minimum absolute atomic E-state index is 0.0279. The zero-order valence-corrected chi connectivity index (χ0v) is 24.9. The molecule has 0 radical (unpaired) electrons. The summed E-state index contributed by atoms with van der Waals surface area (Å²) in [4.78, 5) is 8.83. The number of methoxy groups -OCH3 is 1. The minimum atomic E-state index is -0.573. The summed E-state index contributed by atoms with van der Waals surface area (Å²) in [5, 5.41) is 28.4. The van der Waals surface area contributed by atoms with Crippen molar-refractivity contribution < 1.29 is 9.13 Å². The van der Waals surface area contributed by atoms with Crippen LogP contribution in [-0.4, -0.2) is 45.3 Å². The van der Waals surface area contributed by atoms with Crippen LogP contribution in [0.5, 0.6) is 5.88 Å². The molecule has 0 fully saturated rings. The quantitative estimate of drug-likeness (QED) is 0.188. The minimum Gasteiger partial charge on any atom is -0.481 e. The van der Waals surface area contributed by atoms with Gasteiger partial charge >= 0.3 is 0 Å². The number of aromatic nitrogens is 5. The standard InChI is InChI=1S/C31H32ClFN8O/c1-18(13-33)41-16-26(39-40-41)29(22-7-6-8-23-21(22)9-10-35-30(23)42-5)38-20-11-24-27(37-17-31(2,3)4)19(14-34)15-36-28(24)25(32)12-20/h6-12,15-16,18,29,38H,13,17H2,1-5H3,(H,36,37)/t18-,29-/m0/s1. The van der Waals surface area contributed by atoms with Crippen molar-refractivity contribution in [1.29, 1.82) is 5.26 Å². The largest absolute Gasteiger partial charge is 0.481 e. The van der Waals surface area contributed by atoms with Gasteiger partial charge in [-0.25, -0.2) is 14.1 Å². The summed E-state index contributed by atoms with van der Waals surface area (Å²) in [6.45, 7) is 8.16. The van der Waals surface area contributed by atoms with Crippen LogP contribution in [0.25, 0.3) is 21.7 Å². The van der Waals surface area contributed by atoms with Crippen molar-refractivity contribution in [1.82, 2.24) is 25.0 Å². The zero-order valence-electron chi connectivity index (χ0n) is 24.1. The molecule has 11 heteroatoms. The lowest BCUT2D eigenvalue weighted by atomic mass is 9.96. The second-order valence-corrected chi connectivity index (χ2v) is 11.8. The molecule has 0 saturated carbocycles. The summed E-state index contributed by atoms with van der Waals surface area (Å²) in [7, 11) is 1.58. The van der Waals surface area contributed by atoms with Crippen LogP contribution in [-0.2, 0) is 0 Å². The van der Waals surface area contributed by atoms with Crippen LogP contribution in [0.2, 0.25) is 5.02 Å². The number of nitrogens with one attached hydrogen (secondary N) is 2. The van der Waals surface area contributed by atoms with Gasteiger partial charge in [0.2, 0.25) is 5.88 Å². The summed E-state index contributed by atoms with van der Waals surface area (Å²) in [6, 6.07) is 12.8. The Balaban J connectivity index is 1.67. The number of fused-ring (bicyclic) bond motifs is 2. The summed E-state index contributed by atoms with van der Waals surface area (Å²) in [6.07, 6.45) is 4.98. The molecule has 3 aromatic heterocycles. The van der Waals surface area contributed by atoms with E-state index in [-0.39, 0.29) is 5.41 Å². The van der Waals surface area contributed by atoms with Gasteiger partial charge in [0.1, 0.15) is 18.4 Å². The number of anilines is 2. The Kier molecular flexibility index (Phi) is 8.14. The number of halogens is 2. The van der Waals surface area contributed by atoms with Crippen molar-refractivity contribution >= 4 is 44.7 Å². The predicted molar refractivity (Wildman–Crippen MR) is 164 cm³/mol. The number of nitriles is 1. The van der Waals surface area contributed by atoms with E-state index in [1.807, 2.05) is 30.3 Å². The number of pyridine rings is 2. The first-order valence-electron chi connectivity index (χ1n) is 13.6. The molecule has 2 aromatic carbocycles. The van der Waals surface area contributed by atoms with E-state index in [4.69, 9.17) is 16.3 Å². The Hall–Kier alpha value is -4.49. The molecule has 0 saturated heterocycles. The zero-order chi connectivity index (χ0) is 30.0. The number of rotatable bonds is 9. The Bertz CT molecular complexity index is 1790. The molecule has 0 aliphatic carbocycles. The molecule has 5 rings (SSSR count). The van der Waals surface area contributed by atoms with Crippen LogP contribution >= 0.6 is 11.6 Å². The van der Waals surface area contributed by atoms with Gasteiger partial charge in [-0.1, -0.05) is 49.7 Å². The van der Waals surface area contributed by atoms with Crippen LogP contribution in [0.3, 0.4) is 0 Å². The average Bonchev–Trinajstić information content (AvgIpc) is 3.47. The van der Waals surface area contributed by atoms with Crippen molar-refractivity contribution in [3.8, 4) is 11.9 Å². The van der Waals surface area contributed by atoms with Gasteiger partial charge in [0.05, 0.1) is 47.2 Å². The van der Waals surface area contributed by atoms with E-state index >= 15 is 0 Å². The maximum Gasteiger partial charge on any atom is 0.221 e. The predicted octanol–water partition coefficient (Wildman–Crippen LogP) is 7.10. The van der Waals surface area contributed by atoms with Crippen molar-refractivity contribution in [3.63, 3.8) is 0 Å². The van der Waals surface area contributed by atoms with Gasteiger partial charge in [-0.05, 0) is 47.6 Å².